The summed E-state index contributed by atoms with van der Waals surface area (Å²) >= 11 is 5.97. The molecule has 0 bridgehead atoms. The van der Waals surface area contributed by atoms with Crippen LogP contribution in [0, 0.1) is 0 Å². The molecule has 1 aromatic rings. The summed E-state index contributed by atoms with van der Waals surface area (Å²) in [4.78, 5) is 25.0. The highest BCUT2D eigenvalue weighted by molar-refractivity contribution is 6.33. The third-order valence-corrected chi connectivity index (χ3v) is 3.31. The molecular formula is C15H21ClN2O2. The molecule has 0 aliphatic rings. The summed E-state index contributed by atoms with van der Waals surface area (Å²) in [5.74, 6) is -0.134. The van der Waals surface area contributed by atoms with Gasteiger partial charge in [-0.3, -0.25) is 9.59 Å². The van der Waals surface area contributed by atoms with Crippen molar-refractivity contribution in [1.82, 2.24) is 4.90 Å². The average molecular weight is 297 g/mol. The van der Waals surface area contributed by atoms with Crippen LogP contribution in [-0.4, -0.2) is 29.8 Å². The zero-order chi connectivity index (χ0) is 15.0. The van der Waals surface area contributed by atoms with Gasteiger partial charge in [0.2, 0.25) is 11.8 Å². The van der Waals surface area contributed by atoms with E-state index in [0.29, 0.717) is 23.8 Å². The van der Waals surface area contributed by atoms with Crippen LogP contribution in [0.3, 0.4) is 0 Å². The van der Waals surface area contributed by atoms with Gasteiger partial charge in [0.1, 0.15) is 0 Å². The van der Waals surface area contributed by atoms with Crippen LogP contribution in [0.1, 0.15) is 33.1 Å². The summed E-state index contributed by atoms with van der Waals surface area (Å²) in [5.41, 5.74) is 0.599. The molecule has 20 heavy (non-hydrogen) atoms. The number of nitrogens with one attached hydrogen (secondary N) is 1. The number of carbonyl (C=O) groups excluding carboxylic acids is 2. The first-order valence-corrected chi connectivity index (χ1v) is 7.22. The first-order chi connectivity index (χ1) is 9.54. The van der Waals surface area contributed by atoms with E-state index in [1.807, 2.05) is 6.07 Å². The van der Waals surface area contributed by atoms with Crippen LogP contribution in [0.25, 0.3) is 0 Å². The lowest BCUT2D eigenvalue weighted by Crippen LogP contribution is -2.32. The van der Waals surface area contributed by atoms with Crippen LogP contribution in [0.2, 0.25) is 5.02 Å². The number of unbranched alkanes of at least 4 members (excludes halogenated alkanes) is 1. The van der Waals surface area contributed by atoms with Crippen molar-refractivity contribution in [3.05, 3.63) is 29.3 Å². The molecule has 0 aliphatic carbocycles. The third kappa shape index (κ3) is 5.61. The molecule has 0 aliphatic heterocycles. The molecule has 0 aromatic heterocycles. The zero-order valence-electron chi connectivity index (χ0n) is 12.0. The molecule has 4 nitrogen and oxygen atoms in total. The van der Waals surface area contributed by atoms with Gasteiger partial charge in [0.05, 0.1) is 10.7 Å². The SMILES string of the molecule is CCCCN(CCC(=O)Nc1ccccc1Cl)C(C)=O. The van der Waals surface area contributed by atoms with Gasteiger partial charge in [0.15, 0.2) is 0 Å². The van der Waals surface area contributed by atoms with Crippen LogP contribution in [0.15, 0.2) is 24.3 Å². The van der Waals surface area contributed by atoms with Crippen molar-refractivity contribution < 1.29 is 9.59 Å². The van der Waals surface area contributed by atoms with E-state index in [4.69, 9.17) is 11.6 Å². The van der Waals surface area contributed by atoms with Crippen molar-refractivity contribution in [2.45, 2.75) is 33.1 Å². The minimum atomic E-state index is -0.138. The van der Waals surface area contributed by atoms with E-state index in [-0.39, 0.29) is 18.2 Å². The normalized spacial score (nSPS) is 10.2. The molecule has 0 spiro atoms. The van der Waals surface area contributed by atoms with E-state index < -0.39 is 0 Å². The highest BCUT2D eigenvalue weighted by atomic mass is 35.5. The quantitative estimate of drug-likeness (QED) is 0.839. The van der Waals surface area contributed by atoms with Crippen LogP contribution >= 0.6 is 11.6 Å². The van der Waals surface area contributed by atoms with E-state index in [1.165, 1.54) is 6.92 Å². The van der Waals surface area contributed by atoms with Crippen molar-refractivity contribution in [2.75, 3.05) is 18.4 Å². The number of anilines is 1. The lowest BCUT2D eigenvalue weighted by atomic mass is 10.2. The fourth-order valence-electron chi connectivity index (χ4n) is 1.79. The first kappa shape index (κ1) is 16.5. The Morgan fingerprint density at radius 2 is 1.95 bits per heavy atom. The van der Waals surface area contributed by atoms with E-state index in [9.17, 15) is 9.59 Å². The maximum absolute atomic E-state index is 11.9. The van der Waals surface area contributed by atoms with Crippen molar-refractivity contribution >= 4 is 29.1 Å². The lowest BCUT2D eigenvalue weighted by Gasteiger charge is -2.20. The van der Waals surface area contributed by atoms with Gasteiger partial charge in [-0.25, -0.2) is 0 Å². The maximum Gasteiger partial charge on any atom is 0.226 e. The van der Waals surface area contributed by atoms with Gasteiger partial charge in [0, 0.05) is 26.4 Å². The number of hydrogen-bond acceptors (Lipinski definition) is 2. The topological polar surface area (TPSA) is 49.4 Å². The first-order valence-electron chi connectivity index (χ1n) is 6.84. The number of amides is 2. The van der Waals surface area contributed by atoms with Gasteiger partial charge in [-0.1, -0.05) is 37.1 Å². The molecule has 1 N–H and O–H groups in total. The Bertz CT molecular complexity index is 463. The summed E-state index contributed by atoms with van der Waals surface area (Å²) in [5, 5.41) is 3.26. The summed E-state index contributed by atoms with van der Waals surface area (Å²) in [6.07, 6.45) is 2.25. The van der Waals surface area contributed by atoms with Crippen LogP contribution < -0.4 is 5.32 Å². The predicted octanol–water partition coefficient (Wildman–Crippen LogP) is 3.32. The number of hydrogen-bond donors (Lipinski definition) is 1. The van der Waals surface area contributed by atoms with E-state index in [2.05, 4.69) is 12.2 Å². The minimum Gasteiger partial charge on any atom is -0.342 e. The molecule has 2 amide bonds. The monoisotopic (exact) mass is 296 g/mol. The molecule has 0 atom stereocenters. The minimum absolute atomic E-state index is 0.00370. The molecule has 0 saturated carbocycles. The molecule has 1 rings (SSSR count). The average Bonchev–Trinajstić information content (AvgIpc) is 2.41. The Labute approximate surface area is 125 Å². The van der Waals surface area contributed by atoms with Gasteiger partial charge in [-0.2, -0.15) is 0 Å². The van der Waals surface area contributed by atoms with Crippen LogP contribution in [0.5, 0.6) is 0 Å². The highest BCUT2D eigenvalue weighted by Gasteiger charge is 2.11. The van der Waals surface area contributed by atoms with Crippen molar-refractivity contribution in [1.29, 1.82) is 0 Å². The standard InChI is InChI=1S/C15H21ClN2O2/c1-3-4-10-18(12(2)19)11-9-15(20)17-14-8-6-5-7-13(14)16/h5-8H,3-4,9-11H2,1-2H3,(H,17,20). The highest BCUT2D eigenvalue weighted by Crippen LogP contribution is 2.20. The summed E-state index contributed by atoms with van der Waals surface area (Å²) in [7, 11) is 0. The fourth-order valence-corrected chi connectivity index (χ4v) is 1.97. The molecule has 0 radical (unpaired) electrons. The number of carbonyl (C=O) groups is 2. The van der Waals surface area contributed by atoms with E-state index in [1.54, 1.807) is 23.1 Å². The molecular weight excluding hydrogens is 276 g/mol. The van der Waals surface area contributed by atoms with Crippen molar-refractivity contribution in [3.63, 3.8) is 0 Å². The number of halogens is 1. The Balaban J connectivity index is 2.45. The molecule has 0 heterocycles. The zero-order valence-corrected chi connectivity index (χ0v) is 12.7. The van der Waals surface area contributed by atoms with Gasteiger partial charge in [-0.05, 0) is 18.6 Å². The van der Waals surface area contributed by atoms with Crippen molar-refractivity contribution in [2.24, 2.45) is 0 Å². The third-order valence-electron chi connectivity index (χ3n) is 2.98. The Kier molecular flexibility index (Phi) is 7.09. The molecule has 0 fully saturated rings. The number of para-hydroxylation sites is 1. The van der Waals surface area contributed by atoms with Crippen LogP contribution in [0.4, 0.5) is 5.69 Å². The number of rotatable bonds is 7. The lowest BCUT2D eigenvalue weighted by molar-refractivity contribution is -0.129. The Morgan fingerprint density at radius 1 is 1.25 bits per heavy atom. The molecule has 0 unspecified atom stereocenters. The summed E-state index contributed by atoms with van der Waals surface area (Å²) < 4.78 is 0. The smallest absolute Gasteiger partial charge is 0.226 e. The van der Waals surface area contributed by atoms with Gasteiger partial charge in [0.25, 0.3) is 0 Å². The van der Waals surface area contributed by atoms with Crippen molar-refractivity contribution in [3.8, 4) is 0 Å². The summed E-state index contributed by atoms with van der Waals surface area (Å²) in [6.45, 7) is 4.74. The largest absolute Gasteiger partial charge is 0.342 e. The maximum atomic E-state index is 11.9. The Hall–Kier alpha value is -1.55. The number of nitrogens with zero attached hydrogens (tertiary/aromatic N) is 1. The molecule has 110 valence electrons. The molecule has 5 heteroatoms. The fraction of sp³-hybridized carbons (Fsp3) is 0.467. The van der Waals surface area contributed by atoms with Crippen LogP contribution in [-0.2, 0) is 9.59 Å². The second-order valence-corrected chi connectivity index (χ2v) is 5.04. The van der Waals surface area contributed by atoms with Gasteiger partial charge < -0.3 is 10.2 Å². The number of benzene rings is 1. The van der Waals surface area contributed by atoms with E-state index >= 15 is 0 Å². The van der Waals surface area contributed by atoms with Gasteiger partial charge >= 0.3 is 0 Å². The Morgan fingerprint density at radius 3 is 2.55 bits per heavy atom. The summed E-state index contributed by atoms with van der Waals surface area (Å²) in [6, 6.07) is 7.09. The molecule has 0 saturated heterocycles. The van der Waals surface area contributed by atoms with Gasteiger partial charge in [-0.15, -0.1) is 0 Å². The molecule has 1 aromatic carbocycles. The second kappa shape index (κ2) is 8.59. The second-order valence-electron chi connectivity index (χ2n) is 4.64. The predicted molar refractivity (Wildman–Crippen MR) is 81.9 cm³/mol. The van der Waals surface area contributed by atoms with E-state index in [0.717, 1.165) is 12.8 Å².